The molecule has 5 nitrogen and oxygen atoms in total. The average molecular weight is 357 g/mol. The number of aromatic nitrogens is 1. The molecule has 0 unspecified atom stereocenters. The molecule has 2 saturated carbocycles. The molecule has 2 bridgehead atoms. The maximum Gasteiger partial charge on any atom is 0.270 e. The Bertz CT molecular complexity index is 654. The van der Waals surface area contributed by atoms with E-state index in [2.05, 4.69) is 36.0 Å². The number of anilines is 1. The Morgan fingerprint density at radius 1 is 1.27 bits per heavy atom. The zero-order valence-electron chi connectivity index (χ0n) is 16.1. The van der Waals surface area contributed by atoms with E-state index >= 15 is 0 Å². The molecule has 2 heterocycles. The highest BCUT2D eigenvalue weighted by Crippen LogP contribution is 2.49. The third kappa shape index (κ3) is 3.59. The lowest BCUT2D eigenvalue weighted by atomic mass is 9.84. The van der Waals surface area contributed by atoms with E-state index in [1.165, 1.54) is 25.7 Å². The lowest BCUT2D eigenvalue weighted by Gasteiger charge is -2.36. The van der Waals surface area contributed by atoms with Crippen LogP contribution in [0.3, 0.4) is 0 Å². The number of hydrogen-bond acceptors (Lipinski definition) is 4. The van der Waals surface area contributed by atoms with Gasteiger partial charge in [-0.15, -0.1) is 0 Å². The predicted octanol–water partition coefficient (Wildman–Crippen LogP) is 3.25. The van der Waals surface area contributed by atoms with E-state index in [0.717, 1.165) is 30.6 Å². The van der Waals surface area contributed by atoms with Gasteiger partial charge in [-0.3, -0.25) is 9.78 Å². The second-order valence-electron chi connectivity index (χ2n) is 8.66. The molecule has 2 aliphatic carbocycles. The van der Waals surface area contributed by atoms with Gasteiger partial charge in [0, 0.05) is 31.0 Å². The topological polar surface area (TPSA) is 54.5 Å². The second-order valence-corrected chi connectivity index (χ2v) is 8.66. The highest BCUT2D eigenvalue weighted by atomic mass is 16.5. The summed E-state index contributed by atoms with van der Waals surface area (Å²) in [6, 6.07) is 4.14. The van der Waals surface area contributed by atoms with Crippen LogP contribution in [0.4, 0.5) is 5.69 Å². The molecule has 1 aliphatic heterocycles. The van der Waals surface area contributed by atoms with E-state index in [1.807, 2.05) is 12.1 Å². The number of amides is 1. The van der Waals surface area contributed by atoms with Crippen LogP contribution in [0.15, 0.2) is 18.3 Å². The van der Waals surface area contributed by atoms with Crippen LogP contribution in [0.1, 0.15) is 56.9 Å². The number of ether oxygens (including phenoxy) is 1. The van der Waals surface area contributed by atoms with Crippen molar-refractivity contribution in [3.05, 3.63) is 24.0 Å². The minimum Gasteiger partial charge on any atom is -0.372 e. The van der Waals surface area contributed by atoms with E-state index in [9.17, 15) is 4.79 Å². The lowest BCUT2D eigenvalue weighted by Crippen LogP contribution is -2.45. The van der Waals surface area contributed by atoms with Crippen LogP contribution >= 0.6 is 0 Å². The molecule has 26 heavy (non-hydrogen) atoms. The van der Waals surface area contributed by atoms with Crippen molar-refractivity contribution >= 4 is 11.6 Å². The number of fused-ring (bicyclic) bond motifs is 2. The van der Waals surface area contributed by atoms with Gasteiger partial charge in [-0.1, -0.05) is 6.42 Å². The zero-order chi connectivity index (χ0) is 18.3. The van der Waals surface area contributed by atoms with E-state index in [1.54, 1.807) is 6.20 Å². The summed E-state index contributed by atoms with van der Waals surface area (Å²) in [5, 5.41) is 3.23. The Morgan fingerprint density at radius 3 is 2.69 bits per heavy atom. The Kier molecular flexibility index (Phi) is 4.91. The number of pyridine rings is 1. The molecular weight excluding hydrogens is 326 g/mol. The van der Waals surface area contributed by atoms with Gasteiger partial charge in [0.15, 0.2) is 0 Å². The molecule has 1 amide bonds. The minimum absolute atomic E-state index is 0.0449. The molecule has 0 radical (unpaired) electrons. The van der Waals surface area contributed by atoms with Crippen molar-refractivity contribution in [1.82, 2.24) is 10.3 Å². The van der Waals surface area contributed by atoms with Crippen LogP contribution in [-0.4, -0.2) is 42.2 Å². The van der Waals surface area contributed by atoms with Gasteiger partial charge in [0.05, 0.1) is 12.2 Å². The van der Waals surface area contributed by atoms with Gasteiger partial charge in [-0.2, -0.15) is 0 Å². The number of rotatable bonds is 4. The maximum atomic E-state index is 12.8. The van der Waals surface area contributed by atoms with E-state index < -0.39 is 0 Å². The van der Waals surface area contributed by atoms with Crippen LogP contribution in [0.5, 0.6) is 0 Å². The number of nitrogens with one attached hydrogen (secondary N) is 1. The number of nitrogens with zero attached hydrogens (tertiary/aromatic N) is 2. The van der Waals surface area contributed by atoms with Crippen LogP contribution in [-0.2, 0) is 4.74 Å². The Balaban J connectivity index is 1.41. The van der Waals surface area contributed by atoms with Crippen molar-refractivity contribution in [3.63, 3.8) is 0 Å². The summed E-state index contributed by atoms with van der Waals surface area (Å²) in [4.78, 5) is 19.4. The smallest absolute Gasteiger partial charge is 0.270 e. The highest BCUT2D eigenvalue weighted by molar-refractivity contribution is 5.93. The van der Waals surface area contributed by atoms with Crippen molar-refractivity contribution < 1.29 is 9.53 Å². The van der Waals surface area contributed by atoms with E-state index in [-0.39, 0.29) is 24.2 Å². The number of carbonyl (C=O) groups is 1. The molecule has 3 aliphatic rings. The quantitative estimate of drug-likeness (QED) is 0.899. The largest absolute Gasteiger partial charge is 0.372 e. The molecule has 142 valence electrons. The molecule has 1 aromatic rings. The first-order chi connectivity index (χ1) is 12.5. The molecule has 5 heteroatoms. The fourth-order valence-corrected chi connectivity index (χ4v) is 5.42. The first-order valence-corrected chi connectivity index (χ1v) is 10.2. The number of morpholine rings is 1. The number of carbonyl (C=O) groups excluding carboxylic acids is 1. The summed E-state index contributed by atoms with van der Waals surface area (Å²) in [6.45, 7) is 8.04. The van der Waals surface area contributed by atoms with Crippen molar-refractivity contribution in [2.75, 3.05) is 18.0 Å². The Hall–Kier alpha value is -1.62. The van der Waals surface area contributed by atoms with Gasteiger partial charge in [0.25, 0.3) is 5.91 Å². The van der Waals surface area contributed by atoms with Crippen molar-refractivity contribution in [1.29, 1.82) is 0 Å². The van der Waals surface area contributed by atoms with Gasteiger partial charge >= 0.3 is 0 Å². The molecular formula is C21H31N3O2. The SMILES string of the molecule is C[C@@H]1CN(c2ccnc(C(=O)N[C@H](C)[C@H]3C[C@H]4CC[C@H]3C4)c2)C[C@@H](C)O1. The van der Waals surface area contributed by atoms with Crippen LogP contribution in [0.2, 0.25) is 0 Å². The van der Waals surface area contributed by atoms with Crippen molar-refractivity contribution in [3.8, 4) is 0 Å². The Labute approximate surface area is 156 Å². The molecule has 6 atom stereocenters. The van der Waals surface area contributed by atoms with Gasteiger partial charge in [0.2, 0.25) is 0 Å². The van der Waals surface area contributed by atoms with E-state index in [0.29, 0.717) is 11.6 Å². The molecule has 0 aromatic carbocycles. The average Bonchev–Trinajstić information content (AvgIpc) is 3.24. The molecule has 1 N–H and O–H groups in total. The van der Waals surface area contributed by atoms with Gasteiger partial charge in [-0.25, -0.2) is 0 Å². The van der Waals surface area contributed by atoms with Crippen LogP contribution in [0.25, 0.3) is 0 Å². The third-order valence-electron chi connectivity index (χ3n) is 6.55. The molecule has 0 spiro atoms. The summed E-state index contributed by atoms with van der Waals surface area (Å²) in [5.41, 5.74) is 1.57. The Morgan fingerprint density at radius 2 is 2.04 bits per heavy atom. The van der Waals surface area contributed by atoms with Crippen molar-refractivity contribution in [2.24, 2.45) is 17.8 Å². The van der Waals surface area contributed by atoms with Gasteiger partial charge in [-0.05, 0) is 69.9 Å². The van der Waals surface area contributed by atoms with Crippen molar-refractivity contribution in [2.45, 2.75) is 64.7 Å². The summed E-state index contributed by atoms with van der Waals surface area (Å²) in [5.74, 6) is 2.31. The summed E-state index contributed by atoms with van der Waals surface area (Å²) < 4.78 is 5.81. The third-order valence-corrected chi connectivity index (χ3v) is 6.55. The molecule has 1 aromatic heterocycles. The first-order valence-electron chi connectivity index (χ1n) is 10.2. The fraction of sp³-hybridized carbons (Fsp3) is 0.714. The predicted molar refractivity (Wildman–Crippen MR) is 102 cm³/mol. The monoisotopic (exact) mass is 357 g/mol. The van der Waals surface area contributed by atoms with Gasteiger partial charge < -0.3 is 15.0 Å². The summed E-state index contributed by atoms with van der Waals surface area (Å²) >= 11 is 0. The first kappa shape index (κ1) is 17.8. The summed E-state index contributed by atoms with van der Waals surface area (Å²) in [7, 11) is 0. The normalized spacial score (nSPS) is 34.7. The summed E-state index contributed by atoms with van der Waals surface area (Å²) in [6.07, 6.45) is 7.52. The molecule has 1 saturated heterocycles. The zero-order valence-corrected chi connectivity index (χ0v) is 16.1. The maximum absolute atomic E-state index is 12.8. The molecule has 4 rings (SSSR count). The van der Waals surface area contributed by atoms with Crippen LogP contribution in [0, 0.1) is 17.8 Å². The second kappa shape index (κ2) is 7.18. The highest BCUT2D eigenvalue weighted by Gasteiger charge is 2.42. The standard InChI is InChI=1S/C21H31N3O2/c1-13-11-24(12-14(2)26-13)18-6-7-22-20(10-18)21(25)23-15(3)19-9-16-4-5-17(19)8-16/h6-7,10,13-17,19H,4-5,8-9,11-12H2,1-3H3,(H,23,25)/t13-,14-,15-,16+,17+,19-/m1/s1. The number of hydrogen-bond donors (Lipinski definition) is 1. The fourth-order valence-electron chi connectivity index (χ4n) is 5.42. The van der Waals surface area contributed by atoms with Crippen LogP contribution < -0.4 is 10.2 Å². The van der Waals surface area contributed by atoms with E-state index in [4.69, 9.17) is 4.74 Å². The lowest BCUT2D eigenvalue weighted by molar-refractivity contribution is -0.00522. The van der Waals surface area contributed by atoms with Gasteiger partial charge in [0.1, 0.15) is 5.69 Å². The minimum atomic E-state index is -0.0449. The molecule has 3 fully saturated rings.